The van der Waals surface area contributed by atoms with Gasteiger partial charge in [0.05, 0.1) is 7.11 Å². The maximum atomic E-state index is 11.4. The van der Waals surface area contributed by atoms with Crippen LogP contribution in [-0.2, 0) is 9.53 Å². The highest BCUT2D eigenvalue weighted by atomic mass is 79.9. The number of carbonyl (C=O) groups excluding carboxylic acids is 1. The smallest absolute Gasteiger partial charge is 0.322 e. The van der Waals surface area contributed by atoms with Crippen LogP contribution in [0.4, 0.5) is 0 Å². The lowest BCUT2D eigenvalue weighted by Gasteiger charge is -2.13. The minimum atomic E-state index is -0.638. The summed E-state index contributed by atoms with van der Waals surface area (Å²) in [5.41, 5.74) is 1.03. The number of carbonyl (C=O) groups is 1. The van der Waals surface area contributed by atoms with Crippen LogP contribution < -0.4 is 4.74 Å². The predicted molar refractivity (Wildman–Crippen MR) is 76.0 cm³/mol. The molecule has 1 aromatic rings. The van der Waals surface area contributed by atoms with E-state index in [9.17, 15) is 4.79 Å². The summed E-state index contributed by atoms with van der Waals surface area (Å²) in [5, 5.41) is 0. The molecule has 3 nitrogen and oxygen atoms in total. The topological polar surface area (TPSA) is 35.5 Å². The summed E-state index contributed by atoms with van der Waals surface area (Å²) in [6, 6.07) is 7.64. The first-order valence-corrected chi connectivity index (χ1v) is 6.39. The largest absolute Gasteiger partial charge is 0.497 e. The van der Waals surface area contributed by atoms with Gasteiger partial charge in [-0.05, 0) is 37.6 Å². The molecule has 0 bridgehead atoms. The van der Waals surface area contributed by atoms with E-state index in [2.05, 4.69) is 15.9 Å². The predicted octanol–water partition coefficient (Wildman–Crippen LogP) is 3.43. The van der Waals surface area contributed by atoms with Gasteiger partial charge < -0.3 is 9.47 Å². The summed E-state index contributed by atoms with van der Waals surface area (Å²) in [6.45, 7) is 3.77. The molecule has 18 heavy (non-hydrogen) atoms. The molecule has 0 radical (unpaired) electrons. The molecule has 0 fully saturated rings. The molecule has 0 aliphatic carbocycles. The standard InChI is InChI=1S/C14H17BrO3/c1-14(2,15)13(16)18-10-4-5-11-6-8-12(17-3)9-7-11/h4-9H,10H2,1-3H3/b5-4+. The molecule has 0 atom stereocenters. The summed E-state index contributed by atoms with van der Waals surface area (Å²) in [6.07, 6.45) is 3.70. The van der Waals surface area contributed by atoms with E-state index in [-0.39, 0.29) is 12.6 Å². The van der Waals surface area contributed by atoms with E-state index in [1.165, 1.54) is 0 Å². The Kier molecular flexibility index (Phi) is 5.41. The second-order valence-electron chi connectivity index (χ2n) is 4.25. The number of halogens is 1. The monoisotopic (exact) mass is 312 g/mol. The molecule has 1 rings (SSSR count). The number of hydrogen-bond donors (Lipinski definition) is 0. The number of alkyl halides is 1. The fourth-order valence-corrected chi connectivity index (χ4v) is 1.31. The summed E-state index contributed by atoms with van der Waals surface area (Å²) in [7, 11) is 1.63. The number of hydrogen-bond acceptors (Lipinski definition) is 3. The third-order valence-corrected chi connectivity index (χ3v) is 2.55. The Morgan fingerprint density at radius 1 is 1.33 bits per heavy atom. The second-order valence-corrected chi connectivity index (χ2v) is 6.23. The molecule has 4 heteroatoms. The first-order valence-electron chi connectivity index (χ1n) is 5.60. The van der Waals surface area contributed by atoms with Gasteiger partial charge >= 0.3 is 5.97 Å². The Hall–Kier alpha value is -1.29. The van der Waals surface area contributed by atoms with Crippen LogP contribution in [0.3, 0.4) is 0 Å². The zero-order chi connectivity index (χ0) is 13.6. The van der Waals surface area contributed by atoms with Gasteiger partial charge in [0, 0.05) is 0 Å². The third kappa shape index (κ3) is 4.92. The molecular weight excluding hydrogens is 296 g/mol. The van der Waals surface area contributed by atoms with Crippen LogP contribution in [0.5, 0.6) is 5.75 Å². The van der Waals surface area contributed by atoms with E-state index in [1.54, 1.807) is 27.0 Å². The van der Waals surface area contributed by atoms with Crippen LogP contribution in [-0.4, -0.2) is 24.0 Å². The van der Waals surface area contributed by atoms with Crippen LogP contribution in [0.2, 0.25) is 0 Å². The number of benzene rings is 1. The van der Waals surface area contributed by atoms with Crippen molar-refractivity contribution in [2.45, 2.75) is 18.2 Å². The van der Waals surface area contributed by atoms with Gasteiger partial charge in [-0.15, -0.1) is 0 Å². The van der Waals surface area contributed by atoms with Gasteiger partial charge in [-0.1, -0.05) is 34.1 Å². The van der Waals surface area contributed by atoms with Gasteiger partial charge in [0.15, 0.2) is 0 Å². The van der Waals surface area contributed by atoms with E-state index in [1.807, 2.05) is 30.3 Å². The zero-order valence-electron chi connectivity index (χ0n) is 10.8. The van der Waals surface area contributed by atoms with Gasteiger partial charge in [0.2, 0.25) is 0 Å². The Morgan fingerprint density at radius 2 is 1.94 bits per heavy atom. The first kappa shape index (κ1) is 14.8. The highest BCUT2D eigenvalue weighted by Crippen LogP contribution is 2.17. The third-order valence-electron chi connectivity index (χ3n) is 2.22. The van der Waals surface area contributed by atoms with E-state index >= 15 is 0 Å². The molecule has 0 unspecified atom stereocenters. The van der Waals surface area contributed by atoms with Gasteiger partial charge in [-0.2, -0.15) is 0 Å². The minimum absolute atomic E-state index is 0.264. The van der Waals surface area contributed by atoms with Crippen molar-refractivity contribution in [1.82, 2.24) is 0 Å². The molecule has 0 amide bonds. The number of methoxy groups -OCH3 is 1. The molecule has 0 saturated carbocycles. The van der Waals surface area contributed by atoms with Crippen LogP contribution in [0, 0.1) is 0 Å². The van der Waals surface area contributed by atoms with E-state index in [0.29, 0.717) is 0 Å². The summed E-state index contributed by atoms with van der Waals surface area (Å²) in [4.78, 5) is 11.4. The van der Waals surface area contributed by atoms with Crippen LogP contribution >= 0.6 is 15.9 Å². The van der Waals surface area contributed by atoms with Crippen molar-refractivity contribution in [2.75, 3.05) is 13.7 Å². The molecule has 0 aliphatic rings. The summed E-state index contributed by atoms with van der Waals surface area (Å²) in [5.74, 6) is 0.543. The summed E-state index contributed by atoms with van der Waals surface area (Å²) < 4.78 is 9.50. The molecule has 0 aromatic heterocycles. The van der Waals surface area contributed by atoms with Crippen molar-refractivity contribution >= 4 is 28.0 Å². The lowest BCUT2D eigenvalue weighted by atomic mass is 10.2. The van der Waals surface area contributed by atoms with Crippen molar-refractivity contribution < 1.29 is 14.3 Å². The SMILES string of the molecule is COc1ccc(/C=C/COC(=O)C(C)(C)Br)cc1. The molecule has 0 aliphatic heterocycles. The fourth-order valence-electron chi connectivity index (χ4n) is 1.19. The van der Waals surface area contributed by atoms with Gasteiger partial charge in [0.25, 0.3) is 0 Å². The van der Waals surface area contributed by atoms with E-state index < -0.39 is 4.32 Å². The van der Waals surface area contributed by atoms with Crippen molar-refractivity contribution in [3.8, 4) is 5.75 Å². The Labute approximate surface area is 116 Å². The Morgan fingerprint density at radius 3 is 2.44 bits per heavy atom. The van der Waals surface area contributed by atoms with E-state index in [4.69, 9.17) is 9.47 Å². The fraction of sp³-hybridized carbons (Fsp3) is 0.357. The van der Waals surface area contributed by atoms with Gasteiger partial charge in [0.1, 0.15) is 16.7 Å². The Balaban J connectivity index is 2.43. The second kappa shape index (κ2) is 6.59. The number of ether oxygens (including phenoxy) is 2. The van der Waals surface area contributed by atoms with Gasteiger partial charge in [-0.25, -0.2) is 0 Å². The molecule has 0 saturated heterocycles. The van der Waals surface area contributed by atoms with Crippen molar-refractivity contribution in [2.24, 2.45) is 0 Å². The van der Waals surface area contributed by atoms with Crippen molar-refractivity contribution in [1.29, 1.82) is 0 Å². The highest BCUT2D eigenvalue weighted by Gasteiger charge is 2.24. The number of esters is 1. The molecule has 0 spiro atoms. The number of rotatable bonds is 5. The minimum Gasteiger partial charge on any atom is -0.497 e. The lowest BCUT2D eigenvalue weighted by molar-refractivity contribution is -0.144. The van der Waals surface area contributed by atoms with Crippen molar-refractivity contribution in [3.63, 3.8) is 0 Å². The average molecular weight is 313 g/mol. The van der Waals surface area contributed by atoms with E-state index in [0.717, 1.165) is 11.3 Å². The molecule has 0 N–H and O–H groups in total. The maximum absolute atomic E-state index is 11.4. The average Bonchev–Trinajstić information content (AvgIpc) is 2.34. The normalized spacial score (nSPS) is 11.6. The first-order chi connectivity index (χ1) is 8.43. The molecule has 0 heterocycles. The molecular formula is C14H17BrO3. The van der Waals surface area contributed by atoms with Crippen molar-refractivity contribution in [3.05, 3.63) is 35.9 Å². The molecule has 98 valence electrons. The van der Waals surface area contributed by atoms with Crippen LogP contribution in [0.15, 0.2) is 30.3 Å². The summed E-state index contributed by atoms with van der Waals surface area (Å²) >= 11 is 3.24. The zero-order valence-corrected chi connectivity index (χ0v) is 12.4. The quantitative estimate of drug-likeness (QED) is 0.617. The highest BCUT2D eigenvalue weighted by molar-refractivity contribution is 9.10. The van der Waals surface area contributed by atoms with Crippen LogP contribution in [0.1, 0.15) is 19.4 Å². The molecule has 1 aromatic carbocycles. The van der Waals surface area contributed by atoms with Crippen LogP contribution in [0.25, 0.3) is 6.08 Å². The lowest BCUT2D eigenvalue weighted by Crippen LogP contribution is -2.26. The maximum Gasteiger partial charge on any atom is 0.322 e. The van der Waals surface area contributed by atoms with Gasteiger partial charge in [-0.3, -0.25) is 4.79 Å². The Bertz CT molecular complexity index is 416.